The molecule has 1 unspecified atom stereocenters. The molecule has 0 saturated carbocycles. The fourth-order valence-electron chi connectivity index (χ4n) is 4.07. The molecule has 25 heavy (non-hydrogen) atoms. The molecule has 4 rings (SSSR count). The molecule has 2 aromatic carbocycles. The van der Waals surface area contributed by atoms with Crippen LogP contribution < -0.4 is 14.4 Å². The summed E-state index contributed by atoms with van der Waals surface area (Å²) in [7, 11) is 3.64. The molecule has 0 bridgehead atoms. The maximum Gasteiger partial charge on any atom is 0.212 e. The minimum atomic E-state index is -0.744. The van der Waals surface area contributed by atoms with Crippen molar-refractivity contribution in [3.63, 3.8) is 0 Å². The highest BCUT2D eigenvalue weighted by atomic mass is 35.5. The second-order valence-electron chi connectivity index (χ2n) is 6.95. The maximum atomic E-state index is 6.62. The molecule has 0 fully saturated rings. The molecule has 2 aromatic rings. The molecule has 1 atom stereocenters. The van der Waals surface area contributed by atoms with Crippen LogP contribution in [-0.2, 0) is 5.41 Å². The number of rotatable bonds is 1. The summed E-state index contributed by atoms with van der Waals surface area (Å²) >= 11 is 13.1. The van der Waals surface area contributed by atoms with Crippen LogP contribution in [0.15, 0.2) is 36.4 Å². The number of ether oxygens (including phenoxy) is 2. The molecule has 2 aliphatic rings. The first-order valence-electron chi connectivity index (χ1n) is 8.11. The third-order valence-corrected chi connectivity index (χ3v) is 6.03. The van der Waals surface area contributed by atoms with Gasteiger partial charge < -0.3 is 14.4 Å². The van der Waals surface area contributed by atoms with Crippen LogP contribution in [0.2, 0.25) is 10.0 Å². The summed E-state index contributed by atoms with van der Waals surface area (Å²) in [5.41, 5.74) is 1.72. The minimum Gasteiger partial charge on any atom is -0.493 e. The highest BCUT2D eigenvalue weighted by molar-refractivity contribution is 6.36. The van der Waals surface area contributed by atoms with E-state index in [0.717, 1.165) is 22.6 Å². The molecule has 1 spiro atoms. The van der Waals surface area contributed by atoms with Crippen LogP contribution in [-0.4, -0.2) is 19.9 Å². The molecule has 130 valence electrons. The summed E-state index contributed by atoms with van der Waals surface area (Å²) in [6.45, 7) is 4.25. The van der Waals surface area contributed by atoms with Crippen LogP contribution in [0, 0.1) is 0 Å². The predicted molar refractivity (Wildman–Crippen MR) is 103 cm³/mol. The van der Waals surface area contributed by atoms with E-state index in [1.807, 2.05) is 37.4 Å². The average Bonchev–Trinajstić information content (AvgIpc) is 2.77. The van der Waals surface area contributed by atoms with Crippen molar-refractivity contribution < 1.29 is 9.47 Å². The summed E-state index contributed by atoms with van der Waals surface area (Å²) in [5.74, 6) is 1.44. The number of hydrogen-bond donors (Lipinski definition) is 0. The molecule has 0 radical (unpaired) electrons. The molecule has 0 amide bonds. The zero-order valence-electron chi connectivity index (χ0n) is 14.6. The first kappa shape index (κ1) is 16.6. The Labute approximate surface area is 157 Å². The first-order valence-corrected chi connectivity index (χ1v) is 8.86. The summed E-state index contributed by atoms with van der Waals surface area (Å²) in [6, 6.07) is 9.54. The Hall–Kier alpha value is -1.84. The van der Waals surface area contributed by atoms with Gasteiger partial charge in [-0.25, -0.2) is 0 Å². The highest BCUT2D eigenvalue weighted by Crippen LogP contribution is 2.58. The average molecular weight is 376 g/mol. The third-order valence-electron chi connectivity index (χ3n) is 5.41. The highest BCUT2D eigenvalue weighted by Gasteiger charge is 2.59. The van der Waals surface area contributed by atoms with Gasteiger partial charge in [0.2, 0.25) is 5.72 Å². The van der Waals surface area contributed by atoms with Gasteiger partial charge in [0, 0.05) is 23.2 Å². The summed E-state index contributed by atoms with van der Waals surface area (Å²) in [5, 5.41) is 1.35. The number of para-hydroxylation sites is 1. The van der Waals surface area contributed by atoms with Crippen molar-refractivity contribution in [1.29, 1.82) is 0 Å². The smallest absolute Gasteiger partial charge is 0.212 e. The lowest BCUT2D eigenvalue weighted by Gasteiger charge is -2.46. The van der Waals surface area contributed by atoms with E-state index in [1.165, 1.54) is 0 Å². The van der Waals surface area contributed by atoms with E-state index in [0.29, 0.717) is 15.8 Å². The molecule has 0 aromatic heterocycles. The van der Waals surface area contributed by atoms with Gasteiger partial charge in [0.15, 0.2) is 11.5 Å². The van der Waals surface area contributed by atoms with Crippen LogP contribution >= 0.6 is 23.2 Å². The quantitative estimate of drug-likeness (QED) is 0.653. The maximum absolute atomic E-state index is 6.62. The van der Waals surface area contributed by atoms with E-state index < -0.39 is 11.1 Å². The fraction of sp³-hybridized carbons (Fsp3) is 0.300. The number of halogens is 2. The molecule has 0 N–H and O–H groups in total. The van der Waals surface area contributed by atoms with Crippen molar-refractivity contribution >= 4 is 35.0 Å². The molecular formula is C20H19Cl2NO2. The fourth-order valence-corrected chi connectivity index (χ4v) is 4.74. The zero-order valence-corrected chi connectivity index (χ0v) is 16.1. The van der Waals surface area contributed by atoms with Gasteiger partial charge in [-0.15, -0.1) is 0 Å². The predicted octanol–water partition coefficient (Wildman–Crippen LogP) is 5.53. The van der Waals surface area contributed by atoms with Gasteiger partial charge in [0.25, 0.3) is 0 Å². The van der Waals surface area contributed by atoms with E-state index >= 15 is 0 Å². The van der Waals surface area contributed by atoms with E-state index in [1.54, 1.807) is 7.11 Å². The Bertz CT molecular complexity index is 907. The van der Waals surface area contributed by atoms with Gasteiger partial charge in [0.05, 0.1) is 23.2 Å². The molecular weight excluding hydrogens is 357 g/mol. The van der Waals surface area contributed by atoms with Crippen LogP contribution in [0.3, 0.4) is 0 Å². The number of methoxy groups -OCH3 is 1. The van der Waals surface area contributed by atoms with Gasteiger partial charge in [-0.2, -0.15) is 0 Å². The molecule has 0 saturated heterocycles. The number of benzene rings is 2. The topological polar surface area (TPSA) is 21.7 Å². The Balaban J connectivity index is 1.96. The lowest BCUT2D eigenvalue weighted by molar-refractivity contribution is 0.0552. The second kappa shape index (κ2) is 5.33. The van der Waals surface area contributed by atoms with Crippen LogP contribution in [0.5, 0.6) is 11.5 Å². The molecule has 0 aliphatic carbocycles. The largest absolute Gasteiger partial charge is 0.493 e. The number of hydrogen-bond acceptors (Lipinski definition) is 3. The van der Waals surface area contributed by atoms with Crippen LogP contribution in [0.25, 0.3) is 6.08 Å². The lowest BCUT2D eigenvalue weighted by Crippen LogP contribution is -2.58. The molecule has 3 nitrogen and oxygen atoms in total. The van der Waals surface area contributed by atoms with Crippen molar-refractivity contribution in [2.24, 2.45) is 0 Å². The second-order valence-corrected chi connectivity index (χ2v) is 7.76. The van der Waals surface area contributed by atoms with Gasteiger partial charge in [-0.05, 0) is 44.2 Å². The van der Waals surface area contributed by atoms with E-state index in [9.17, 15) is 0 Å². The number of anilines is 1. The van der Waals surface area contributed by atoms with Crippen molar-refractivity contribution in [2.45, 2.75) is 25.0 Å². The Kier molecular flexibility index (Phi) is 3.54. The van der Waals surface area contributed by atoms with Gasteiger partial charge in [0.1, 0.15) is 0 Å². The number of fused-ring (bicyclic) bond motifs is 2. The third kappa shape index (κ3) is 2.00. The van der Waals surface area contributed by atoms with E-state index in [-0.39, 0.29) is 0 Å². The lowest BCUT2D eigenvalue weighted by atomic mass is 9.76. The van der Waals surface area contributed by atoms with Gasteiger partial charge in [-0.1, -0.05) is 35.3 Å². The van der Waals surface area contributed by atoms with Crippen molar-refractivity contribution in [3.05, 3.63) is 57.6 Å². The zero-order chi connectivity index (χ0) is 18.0. The molecule has 2 aliphatic heterocycles. The molecule has 5 heteroatoms. The Morgan fingerprint density at radius 3 is 2.48 bits per heavy atom. The number of nitrogens with zero attached hydrogens (tertiary/aromatic N) is 1. The Morgan fingerprint density at radius 2 is 1.80 bits per heavy atom. The Morgan fingerprint density at radius 1 is 1.08 bits per heavy atom. The molecule has 2 heterocycles. The van der Waals surface area contributed by atoms with E-state index in [2.05, 4.69) is 30.9 Å². The summed E-state index contributed by atoms with van der Waals surface area (Å²) in [4.78, 5) is 2.07. The normalized spacial score (nSPS) is 22.6. The van der Waals surface area contributed by atoms with Crippen LogP contribution in [0.1, 0.15) is 25.0 Å². The standard InChI is InChI=1S/C20H19Cl2NO2/c1-19(2)16-13(21)8-9-14(22)17(16)23(3)20(19)11-10-12-6-5-7-15(24-4)18(12)25-20/h5-11H,1-4H3. The SMILES string of the molecule is COc1cccc2c1OC1(C=C2)N(C)c2c(Cl)ccc(Cl)c2C1(C)C. The monoisotopic (exact) mass is 375 g/mol. The number of likely N-dealkylation sites (N-methyl/N-ethyl adjacent to an activating group) is 1. The van der Waals surface area contributed by atoms with Crippen LogP contribution in [0.4, 0.5) is 5.69 Å². The minimum absolute atomic E-state index is 0.423. The van der Waals surface area contributed by atoms with Crippen molar-refractivity contribution in [1.82, 2.24) is 0 Å². The summed E-state index contributed by atoms with van der Waals surface area (Å²) < 4.78 is 12.1. The van der Waals surface area contributed by atoms with Gasteiger partial charge in [-0.3, -0.25) is 0 Å². The van der Waals surface area contributed by atoms with Crippen molar-refractivity contribution in [3.8, 4) is 11.5 Å². The summed E-state index contributed by atoms with van der Waals surface area (Å²) in [6.07, 6.45) is 4.16. The van der Waals surface area contributed by atoms with Gasteiger partial charge >= 0.3 is 0 Å². The first-order chi connectivity index (χ1) is 11.8. The van der Waals surface area contributed by atoms with E-state index in [4.69, 9.17) is 32.7 Å². The van der Waals surface area contributed by atoms with Crippen molar-refractivity contribution in [2.75, 3.05) is 19.1 Å².